The molecule has 1 amide bonds. The molecule has 1 aromatic heterocycles. The molecule has 8 nitrogen and oxygen atoms in total. The van der Waals surface area contributed by atoms with E-state index in [0.717, 1.165) is 102 Å². The zero-order valence-electron chi connectivity index (χ0n) is 27.8. The third kappa shape index (κ3) is 9.80. The van der Waals surface area contributed by atoms with E-state index in [2.05, 4.69) is 35.2 Å². The molecule has 0 bridgehead atoms. The number of carbonyl (C=O) groups excluding carboxylic acids is 1. The summed E-state index contributed by atoms with van der Waals surface area (Å²) in [5.41, 5.74) is 2.58. The molecule has 0 atom stereocenters. The third-order valence-corrected chi connectivity index (χ3v) is 10.6. The number of unbranched alkanes of at least 4 members (excludes halogenated alkanes) is 7. The van der Waals surface area contributed by atoms with Gasteiger partial charge < -0.3 is 10.0 Å². The number of piperidine rings is 1. The summed E-state index contributed by atoms with van der Waals surface area (Å²) in [6.07, 6.45) is 13.8. The molecule has 1 N–H and O–H groups in total. The van der Waals surface area contributed by atoms with Crippen molar-refractivity contribution in [2.24, 2.45) is 5.92 Å². The number of thiocarbonyl (C=S) groups is 1. The predicted octanol–water partition coefficient (Wildman–Crippen LogP) is 7.69. The number of anilines is 1. The molecule has 0 radical (unpaired) electrons. The summed E-state index contributed by atoms with van der Waals surface area (Å²) in [5.74, 6) is 0.521. The Labute approximate surface area is 288 Å². The number of thioether (sulfide) groups is 1. The summed E-state index contributed by atoms with van der Waals surface area (Å²) in [6, 6.07) is 12.7. The minimum absolute atomic E-state index is 0.114. The number of amides is 1. The van der Waals surface area contributed by atoms with Crippen molar-refractivity contribution in [3.63, 3.8) is 0 Å². The largest absolute Gasteiger partial charge is 0.481 e. The number of pyridine rings is 1. The van der Waals surface area contributed by atoms with Crippen molar-refractivity contribution in [3.05, 3.63) is 67.8 Å². The van der Waals surface area contributed by atoms with E-state index in [9.17, 15) is 19.6 Å². The molecule has 2 aromatic rings. The molecule has 47 heavy (non-hydrogen) atoms. The van der Waals surface area contributed by atoms with E-state index >= 15 is 0 Å². The molecule has 1 aromatic carbocycles. The highest BCUT2D eigenvalue weighted by Gasteiger charge is 2.33. The molecular weight excluding hydrogens is 629 g/mol. The van der Waals surface area contributed by atoms with Gasteiger partial charge in [-0.15, -0.1) is 0 Å². The van der Waals surface area contributed by atoms with Crippen LogP contribution in [0, 0.1) is 24.2 Å². The van der Waals surface area contributed by atoms with Crippen LogP contribution < -0.4 is 10.5 Å². The third-order valence-electron chi connectivity index (χ3n) is 9.25. The lowest BCUT2D eigenvalue weighted by atomic mass is 9.90. The summed E-state index contributed by atoms with van der Waals surface area (Å²) < 4.78 is 2.30. The van der Waals surface area contributed by atoms with E-state index in [1.165, 1.54) is 17.3 Å². The number of carboxylic acids is 1. The molecule has 0 aliphatic carbocycles. The van der Waals surface area contributed by atoms with Crippen LogP contribution in [0.2, 0.25) is 0 Å². The fourth-order valence-electron chi connectivity index (χ4n) is 6.64. The lowest BCUT2D eigenvalue weighted by molar-refractivity contribution is -0.137. The van der Waals surface area contributed by atoms with Crippen LogP contribution in [0.1, 0.15) is 106 Å². The minimum atomic E-state index is -0.728. The van der Waals surface area contributed by atoms with Crippen molar-refractivity contribution in [1.82, 2.24) is 9.47 Å². The van der Waals surface area contributed by atoms with Crippen LogP contribution in [0.5, 0.6) is 0 Å². The fourth-order valence-corrected chi connectivity index (χ4v) is 7.93. The number of carbonyl (C=O) groups is 2. The maximum atomic E-state index is 13.6. The topological polar surface area (TPSA) is 107 Å². The summed E-state index contributed by atoms with van der Waals surface area (Å²) in [7, 11) is 0. The second kappa shape index (κ2) is 18.2. The highest BCUT2D eigenvalue weighted by molar-refractivity contribution is 8.26. The zero-order valence-corrected chi connectivity index (χ0v) is 29.5. The molecule has 252 valence electrons. The maximum absolute atomic E-state index is 13.6. The summed E-state index contributed by atoms with van der Waals surface area (Å²) >= 11 is 6.95. The second-order valence-corrected chi connectivity index (χ2v) is 14.4. The first-order chi connectivity index (χ1) is 22.7. The SMILES string of the molecule is CCCn1c(N2CCC(Cc3ccccc3)CC2)c(/C=C2/SC(=S)N(CCCCCCCCCCC(=O)O)C2=O)c(C)c(C#N)c1=O. The average Bonchev–Trinajstić information content (AvgIpc) is 3.32. The maximum Gasteiger partial charge on any atom is 0.303 e. The van der Waals surface area contributed by atoms with Crippen LogP contribution in [0.3, 0.4) is 0 Å². The van der Waals surface area contributed by atoms with Gasteiger partial charge in [0.2, 0.25) is 0 Å². The van der Waals surface area contributed by atoms with Gasteiger partial charge in [0.15, 0.2) is 0 Å². The lowest BCUT2D eigenvalue weighted by Crippen LogP contribution is -2.40. The summed E-state index contributed by atoms with van der Waals surface area (Å²) in [6.45, 7) is 6.52. The van der Waals surface area contributed by atoms with Gasteiger partial charge in [-0.1, -0.05) is 99.8 Å². The van der Waals surface area contributed by atoms with E-state index in [0.29, 0.717) is 33.8 Å². The van der Waals surface area contributed by atoms with Gasteiger partial charge in [-0.3, -0.25) is 23.9 Å². The van der Waals surface area contributed by atoms with Crippen LogP contribution in [-0.4, -0.2) is 50.4 Å². The van der Waals surface area contributed by atoms with E-state index in [4.69, 9.17) is 17.3 Å². The molecule has 3 heterocycles. The highest BCUT2D eigenvalue weighted by atomic mass is 32.2. The number of hydrogen-bond acceptors (Lipinski definition) is 7. The number of aromatic nitrogens is 1. The van der Waals surface area contributed by atoms with Crippen LogP contribution in [0.25, 0.3) is 6.08 Å². The van der Waals surface area contributed by atoms with E-state index in [1.54, 1.807) is 9.47 Å². The Morgan fingerprint density at radius 1 is 1.02 bits per heavy atom. The standard InChI is InChI=1S/C37H48N4O4S2/c1-3-20-40-34(39-22-18-29(19-23-39)24-28-15-11-10-12-16-28)30(27(2)31(26-38)35(40)44)25-32-36(45)41(37(46)47-32)21-14-9-7-5-4-6-8-13-17-33(42)43/h10-12,15-16,25,29H,3-9,13-14,17-24H2,1-2H3,(H,42,43)/b32-25+. The van der Waals surface area contributed by atoms with Gasteiger partial charge in [-0.2, -0.15) is 5.26 Å². The van der Waals surface area contributed by atoms with Crippen LogP contribution in [0.15, 0.2) is 40.0 Å². The Hall–Kier alpha value is -3.42. The Bertz CT molecular complexity index is 1540. The molecular formula is C37H48N4O4S2. The first-order valence-corrected chi connectivity index (χ1v) is 18.4. The molecule has 0 spiro atoms. The van der Waals surface area contributed by atoms with Gasteiger partial charge in [-0.05, 0) is 68.6 Å². The van der Waals surface area contributed by atoms with E-state index in [1.807, 2.05) is 26.0 Å². The van der Waals surface area contributed by atoms with Crippen molar-refractivity contribution in [2.45, 2.75) is 104 Å². The van der Waals surface area contributed by atoms with Crippen LogP contribution in [0.4, 0.5) is 5.82 Å². The number of rotatable bonds is 17. The monoisotopic (exact) mass is 676 g/mol. The van der Waals surface area contributed by atoms with E-state index in [-0.39, 0.29) is 23.5 Å². The molecule has 0 saturated carbocycles. The van der Waals surface area contributed by atoms with E-state index < -0.39 is 5.97 Å². The molecule has 2 saturated heterocycles. The number of hydrogen-bond donors (Lipinski definition) is 1. The van der Waals surface area contributed by atoms with Crippen molar-refractivity contribution < 1.29 is 14.7 Å². The van der Waals surface area contributed by atoms with Gasteiger partial charge in [0.05, 0.1) is 4.91 Å². The van der Waals surface area contributed by atoms with Crippen molar-refractivity contribution in [2.75, 3.05) is 24.5 Å². The molecule has 2 aliphatic heterocycles. The summed E-state index contributed by atoms with van der Waals surface area (Å²) in [4.78, 5) is 42.4. The van der Waals surface area contributed by atoms with Gasteiger partial charge in [0, 0.05) is 38.2 Å². The quantitative estimate of drug-likeness (QED) is 0.103. The Morgan fingerprint density at radius 2 is 1.66 bits per heavy atom. The predicted molar refractivity (Wildman–Crippen MR) is 195 cm³/mol. The molecule has 2 fully saturated rings. The number of carboxylic acid groups (broad SMARTS) is 1. The molecule has 2 aliphatic rings. The van der Waals surface area contributed by atoms with Gasteiger partial charge in [0.1, 0.15) is 21.8 Å². The normalized spacial score (nSPS) is 16.3. The lowest BCUT2D eigenvalue weighted by Gasteiger charge is -2.36. The molecule has 0 unspecified atom stereocenters. The fraction of sp³-hybridized carbons (Fsp3) is 0.541. The van der Waals surface area contributed by atoms with Gasteiger partial charge in [-0.25, -0.2) is 0 Å². The zero-order chi connectivity index (χ0) is 33.8. The Balaban J connectivity index is 1.46. The minimum Gasteiger partial charge on any atom is -0.481 e. The van der Waals surface area contributed by atoms with Crippen LogP contribution in [-0.2, 0) is 22.6 Å². The molecule has 10 heteroatoms. The number of benzene rings is 1. The summed E-state index contributed by atoms with van der Waals surface area (Å²) in [5, 5.41) is 18.8. The first-order valence-electron chi connectivity index (χ1n) is 17.2. The number of nitrogens with zero attached hydrogens (tertiary/aromatic N) is 4. The van der Waals surface area contributed by atoms with Crippen molar-refractivity contribution >= 4 is 52.1 Å². The number of aliphatic carboxylic acids is 1. The number of nitriles is 1. The van der Waals surface area contributed by atoms with Gasteiger partial charge in [0.25, 0.3) is 11.5 Å². The van der Waals surface area contributed by atoms with Crippen molar-refractivity contribution in [3.8, 4) is 6.07 Å². The van der Waals surface area contributed by atoms with Gasteiger partial charge >= 0.3 is 5.97 Å². The average molecular weight is 677 g/mol. The smallest absolute Gasteiger partial charge is 0.303 e. The Kier molecular flexibility index (Phi) is 14.1. The van der Waals surface area contributed by atoms with Crippen molar-refractivity contribution in [1.29, 1.82) is 5.26 Å². The second-order valence-electron chi connectivity index (χ2n) is 12.7. The first kappa shape index (κ1) is 36.4. The molecule has 4 rings (SSSR count). The van der Waals surface area contributed by atoms with Crippen LogP contribution >= 0.6 is 24.0 Å². The highest BCUT2D eigenvalue weighted by Crippen LogP contribution is 2.37. The Morgan fingerprint density at radius 3 is 2.28 bits per heavy atom.